The van der Waals surface area contributed by atoms with Crippen molar-refractivity contribution < 1.29 is 19.1 Å². The molecule has 0 aliphatic carbocycles. The van der Waals surface area contributed by atoms with Gasteiger partial charge in [0.2, 0.25) is 0 Å². The first kappa shape index (κ1) is 21.5. The number of carbonyl (C=O) groups is 3. The number of amides is 3. The summed E-state index contributed by atoms with van der Waals surface area (Å²) in [6, 6.07) is 7.53. The Balaban J connectivity index is 2.60. The molecule has 26 heavy (non-hydrogen) atoms. The van der Waals surface area contributed by atoms with Gasteiger partial charge in [-0.05, 0) is 30.9 Å². The molecule has 1 aromatic carbocycles. The standard InChI is InChI=1S/C19H29N3O4/c1-12(2)11-20-17(23)14(5)26-18(24)16(13(3)4)22-19(25)21-15-9-7-6-8-10-15/h6-10,12-14,16H,11H2,1-5H3,(H,20,23)(H2,21,22,25)/t14-,16-/m0/s1. The monoisotopic (exact) mass is 363 g/mol. The number of esters is 1. The third kappa shape index (κ3) is 7.55. The van der Waals surface area contributed by atoms with Gasteiger partial charge in [-0.25, -0.2) is 9.59 Å². The summed E-state index contributed by atoms with van der Waals surface area (Å²) in [5, 5.41) is 7.97. The van der Waals surface area contributed by atoms with Crippen LogP contribution in [0.1, 0.15) is 34.6 Å². The van der Waals surface area contributed by atoms with Crippen LogP contribution in [0, 0.1) is 11.8 Å². The fraction of sp³-hybridized carbons (Fsp3) is 0.526. The van der Waals surface area contributed by atoms with Crippen molar-refractivity contribution in [1.29, 1.82) is 0 Å². The Hall–Kier alpha value is -2.57. The molecule has 0 heterocycles. The molecule has 0 saturated heterocycles. The minimum Gasteiger partial charge on any atom is -0.451 e. The number of anilines is 1. The van der Waals surface area contributed by atoms with Gasteiger partial charge in [0.05, 0.1) is 0 Å². The van der Waals surface area contributed by atoms with Gasteiger partial charge in [0.15, 0.2) is 6.10 Å². The average Bonchev–Trinajstić information content (AvgIpc) is 2.57. The number of benzene rings is 1. The second kappa shape index (κ2) is 10.4. The first-order chi connectivity index (χ1) is 12.2. The molecule has 1 rings (SSSR count). The zero-order valence-corrected chi connectivity index (χ0v) is 16.0. The zero-order chi connectivity index (χ0) is 19.7. The van der Waals surface area contributed by atoms with Gasteiger partial charge in [-0.15, -0.1) is 0 Å². The highest BCUT2D eigenvalue weighted by atomic mass is 16.5. The van der Waals surface area contributed by atoms with E-state index < -0.39 is 24.1 Å². The van der Waals surface area contributed by atoms with Gasteiger partial charge >= 0.3 is 12.0 Å². The van der Waals surface area contributed by atoms with Crippen molar-refractivity contribution >= 4 is 23.6 Å². The summed E-state index contributed by atoms with van der Waals surface area (Å²) in [6.45, 7) is 9.54. The minimum absolute atomic E-state index is 0.199. The number of ether oxygens (including phenoxy) is 1. The molecule has 0 aliphatic rings. The van der Waals surface area contributed by atoms with Crippen molar-refractivity contribution in [3.63, 3.8) is 0 Å². The smallest absolute Gasteiger partial charge is 0.329 e. The highest BCUT2D eigenvalue weighted by Crippen LogP contribution is 2.09. The zero-order valence-electron chi connectivity index (χ0n) is 16.0. The van der Waals surface area contributed by atoms with E-state index in [9.17, 15) is 14.4 Å². The average molecular weight is 363 g/mol. The first-order valence-corrected chi connectivity index (χ1v) is 8.81. The lowest BCUT2D eigenvalue weighted by Gasteiger charge is -2.23. The Morgan fingerprint density at radius 1 is 1.00 bits per heavy atom. The van der Waals surface area contributed by atoms with E-state index >= 15 is 0 Å². The highest BCUT2D eigenvalue weighted by Gasteiger charge is 2.29. The van der Waals surface area contributed by atoms with Gasteiger partial charge in [-0.2, -0.15) is 0 Å². The SMILES string of the molecule is CC(C)CNC(=O)[C@H](C)OC(=O)[C@@H](NC(=O)Nc1ccccc1)C(C)C. The van der Waals surface area contributed by atoms with E-state index in [0.29, 0.717) is 18.2 Å². The fourth-order valence-electron chi connectivity index (χ4n) is 2.08. The maximum atomic E-state index is 12.4. The topological polar surface area (TPSA) is 96.5 Å². The molecular weight excluding hydrogens is 334 g/mol. The molecule has 0 fully saturated rings. The first-order valence-electron chi connectivity index (χ1n) is 8.81. The second-order valence-electron chi connectivity index (χ2n) is 6.90. The number of urea groups is 1. The molecule has 0 saturated carbocycles. The number of rotatable bonds is 8. The van der Waals surface area contributed by atoms with Gasteiger partial charge in [0.1, 0.15) is 6.04 Å². The van der Waals surface area contributed by atoms with Crippen LogP contribution in [0.3, 0.4) is 0 Å². The van der Waals surface area contributed by atoms with Crippen molar-refractivity contribution in [2.75, 3.05) is 11.9 Å². The Morgan fingerprint density at radius 3 is 2.15 bits per heavy atom. The maximum absolute atomic E-state index is 12.4. The molecule has 0 bridgehead atoms. The van der Waals surface area contributed by atoms with E-state index in [1.807, 2.05) is 19.9 Å². The van der Waals surface area contributed by atoms with Crippen LogP contribution in [0.4, 0.5) is 10.5 Å². The Morgan fingerprint density at radius 2 is 1.62 bits per heavy atom. The quantitative estimate of drug-likeness (QED) is 0.618. The molecule has 7 heteroatoms. The lowest BCUT2D eigenvalue weighted by molar-refractivity contribution is -0.157. The van der Waals surface area contributed by atoms with E-state index in [1.165, 1.54) is 6.92 Å². The summed E-state index contributed by atoms with van der Waals surface area (Å²) >= 11 is 0. The third-order valence-electron chi connectivity index (χ3n) is 3.59. The summed E-state index contributed by atoms with van der Waals surface area (Å²) in [5.74, 6) is -0.901. The van der Waals surface area contributed by atoms with Crippen LogP contribution in [-0.2, 0) is 14.3 Å². The lowest BCUT2D eigenvalue weighted by Crippen LogP contribution is -2.49. The van der Waals surface area contributed by atoms with Crippen LogP contribution >= 0.6 is 0 Å². The van der Waals surface area contributed by atoms with Crippen LogP contribution < -0.4 is 16.0 Å². The maximum Gasteiger partial charge on any atom is 0.329 e. The molecule has 0 unspecified atom stereocenters. The van der Waals surface area contributed by atoms with Gasteiger partial charge < -0.3 is 20.7 Å². The van der Waals surface area contributed by atoms with E-state index in [-0.39, 0.29) is 11.8 Å². The second-order valence-corrected chi connectivity index (χ2v) is 6.90. The number of para-hydroxylation sites is 1. The predicted molar refractivity (Wildman–Crippen MR) is 101 cm³/mol. The molecule has 0 spiro atoms. The summed E-state index contributed by atoms with van der Waals surface area (Å²) in [6.07, 6.45) is -0.929. The van der Waals surface area contributed by atoms with E-state index in [0.717, 1.165) is 0 Å². The van der Waals surface area contributed by atoms with Crippen LogP contribution in [0.5, 0.6) is 0 Å². The minimum atomic E-state index is -0.929. The lowest BCUT2D eigenvalue weighted by atomic mass is 10.0. The van der Waals surface area contributed by atoms with Gasteiger partial charge in [-0.3, -0.25) is 4.79 Å². The molecule has 3 amide bonds. The number of hydrogen-bond acceptors (Lipinski definition) is 4. The van der Waals surface area contributed by atoms with Crippen molar-refractivity contribution in [3.8, 4) is 0 Å². The molecule has 0 radical (unpaired) electrons. The van der Waals surface area contributed by atoms with Gasteiger partial charge in [-0.1, -0.05) is 45.9 Å². The third-order valence-corrected chi connectivity index (χ3v) is 3.59. The van der Waals surface area contributed by atoms with Crippen molar-refractivity contribution in [1.82, 2.24) is 10.6 Å². The molecule has 7 nitrogen and oxygen atoms in total. The van der Waals surface area contributed by atoms with Crippen LogP contribution in [-0.4, -0.2) is 36.6 Å². The molecule has 2 atom stereocenters. The summed E-state index contributed by atoms with van der Waals surface area (Å²) in [5.41, 5.74) is 0.613. The summed E-state index contributed by atoms with van der Waals surface area (Å²) in [7, 11) is 0. The number of hydrogen-bond donors (Lipinski definition) is 3. The van der Waals surface area contributed by atoms with E-state index in [1.54, 1.807) is 38.1 Å². The fourth-order valence-corrected chi connectivity index (χ4v) is 2.08. The Bertz CT molecular complexity index is 602. The molecule has 3 N–H and O–H groups in total. The highest BCUT2D eigenvalue weighted by molar-refractivity contribution is 5.93. The number of carbonyl (C=O) groups excluding carboxylic acids is 3. The normalized spacial score (nSPS) is 13.0. The van der Waals surface area contributed by atoms with Gasteiger partial charge in [0, 0.05) is 12.2 Å². The van der Waals surface area contributed by atoms with Crippen LogP contribution in [0.2, 0.25) is 0 Å². The molecule has 144 valence electrons. The summed E-state index contributed by atoms with van der Waals surface area (Å²) < 4.78 is 5.23. The van der Waals surface area contributed by atoms with Crippen molar-refractivity contribution in [3.05, 3.63) is 30.3 Å². The van der Waals surface area contributed by atoms with E-state index in [4.69, 9.17) is 4.74 Å². The van der Waals surface area contributed by atoms with Gasteiger partial charge in [0.25, 0.3) is 5.91 Å². The molecular formula is C19H29N3O4. The Kier molecular flexibility index (Phi) is 8.61. The largest absolute Gasteiger partial charge is 0.451 e. The number of nitrogens with one attached hydrogen (secondary N) is 3. The molecule has 0 aromatic heterocycles. The van der Waals surface area contributed by atoms with Crippen molar-refractivity contribution in [2.24, 2.45) is 11.8 Å². The van der Waals surface area contributed by atoms with Crippen LogP contribution in [0.25, 0.3) is 0 Å². The van der Waals surface area contributed by atoms with E-state index in [2.05, 4.69) is 16.0 Å². The summed E-state index contributed by atoms with van der Waals surface area (Å²) in [4.78, 5) is 36.5. The molecule has 1 aromatic rings. The van der Waals surface area contributed by atoms with Crippen molar-refractivity contribution in [2.45, 2.75) is 46.8 Å². The van der Waals surface area contributed by atoms with Crippen LogP contribution in [0.15, 0.2) is 30.3 Å². The Labute approximate surface area is 154 Å². The predicted octanol–water partition coefficient (Wildman–Crippen LogP) is 2.54. The molecule has 0 aliphatic heterocycles.